The van der Waals surface area contributed by atoms with E-state index in [1.807, 2.05) is 0 Å². The molecule has 0 spiro atoms. The lowest BCUT2D eigenvalue weighted by Crippen LogP contribution is -1.96. The molecule has 3 N–H and O–H groups in total. The third kappa shape index (κ3) is 2.01. The molecule has 82 valence electrons. The average molecular weight is 218 g/mol. The zero-order chi connectivity index (χ0) is 11.5. The van der Waals surface area contributed by atoms with Crippen molar-refractivity contribution in [3.63, 3.8) is 0 Å². The second-order valence-corrected chi connectivity index (χ2v) is 3.44. The van der Waals surface area contributed by atoms with Crippen LogP contribution in [0.1, 0.15) is 5.56 Å². The number of rotatable bonds is 2. The fourth-order valence-corrected chi connectivity index (χ4v) is 1.49. The van der Waals surface area contributed by atoms with Crippen LogP contribution in [0.25, 0.3) is 11.1 Å². The predicted octanol–water partition coefficient (Wildman–Crippen LogP) is 1.96. The first-order valence-electron chi connectivity index (χ1n) is 4.82. The second-order valence-electron chi connectivity index (χ2n) is 3.44. The Bertz CT molecular complexity index is 514. The molecule has 0 aliphatic heterocycles. The lowest BCUT2D eigenvalue weighted by atomic mass is 10.0. The van der Waals surface area contributed by atoms with Crippen molar-refractivity contribution in [2.75, 3.05) is 5.73 Å². The van der Waals surface area contributed by atoms with Gasteiger partial charge < -0.3 is 10.8 Å². The molecule has 3 nitrogen and oxygen atoms in total. The fourth-order valence-electron chi connectivity index (χ4n) is 1.49. The normalized spacial score (nSPS) is 10.4. The van der Waals surface area contributed by atoms with Crippen LogP contribution in [-0.2, 0) is 6.61 Å². The second kappa shape index (κ2) is 4.28. The summed E-state index contributed by atoms with van der Waals surface area (Å²) in [5.41, 5.74) is 7.64. The minimum absolute atomic E-state index is 0.115. The van der Waals surface area contributed by atoms with Gasteiger partial charge in [-0.05, 0) is 29.3 Å². The summed E-state index contributed by atoms with van der Waals surface area (Å²) in [7, 11) is 0. The molecule has 1 heterocycles. The number of aliphatic hydroxyl groups excluding tert-OH is 1. The van der Waals surface area contributed by atoms with Crippen molar-refractivity contribution in [2.24, 2.45) is 0 Å². The summed E-state index contributed by atoms with van der Waals surface area (Å²) in [6.45, 7) is -0.115. The molecule has 2 aromatic rings. The number of nitrogens with two attached hydrogens (primary N) is 1. The van der Waals surface area contributed by atoms with E-state index in [1.54, 1.807) is 18.2 Å². The molecule has 0 radical (unpaired) electrons. The Balaban J connectivity index is 2.54. The highest BCUT2D eigenvalue weighted by Crippen LogP contribution is 2.25. The topological polar surface area (TPSA) is 59.1 Å². The molecule has 1 aromatic heterocycles. The molecular formula is C12H11FN2O. The van der Waals surface area contributed by atoms with Gasteiger partial charge in [-0.15, -0.1) is 0 Å². The van der Waals surface area contributed by atoms with E-state index < -0.39 is 0 Å². The molecule has 0 atom stereocenters. The van der Waals surface area contributed by atoms with Crippen LogP contribution in [0.2, 0.25) is 0 Å². The monoisotopic (exact) mass is 218 g/mol. The third-order valence-corrected chi connectivity index (χ3v) is 2.29. The molecule has 4 heteroatoms. The molecule has 0 fully saturated rings. The van der Waals surface area contributed by atoms with Crippen LogP contribution in [0.3, 0.4) is 0 Å². The number of hydrogen-bond acceptors (Lipinski definition) is 3. The zero-order valence-corrected chi connectivity index (χ0v) is 8.52. The molecule has 0 saturated heterocycles. The Hall–Kier alpha value is -1.94. The number of benzene rings is 1. The SMILES string of the molecule is Nc1ncc(CO)cc1-c1cccc(F)c1. The highest BCUT2D eigenvalue weighted by atomic mass is 19.1. The number of anilines is 1. The van der Waals surface area contributed by atoms with Gasteiger partial charge >= 0.3 is 0 Å². The van der Waals surface area contributed by atoms with Crippen molar-refractivity contribution in [3.8, 4) is 11.1 Å². The Morgan fingerprint density at radius 1 is 1.31 bits per heavy atom. The van der Waals surface area contributed by atoms with Crippen molar-refractivity contribution >= 4 is 5.82 Å². The van der Waals surface area contributed by atoms with E-state index in [4.69, 9.17) is 10.8 Å². The molecule has 1 aromatic carbocycles. The van der Waals surface area contributed by atoms with Gasteiger partial charge in [0, 0.05) is 11.8 Å². The average Bonchev–Trinajstić information content (AvgIpc) is 2.30. The van der Waals surface area contributed by atoms with Gasteiger partial charge in [-0.2, -0.15) is 0 Å². The maximum Gasteiger partial charge on any atom is 0.131 e. The number of aliphatic hydroxyl groups is 1. The smallest absolute Gasteiger partial charge is 0.131 e. The predicted molar refractivity (Wildman–Crippen MR) is 60.0 cm³/mol. The Morgan fingerprint density at radius 2 is 2.12 bits per heavy atom. The largest absolute Gasteiger partial charge is 0.392 e. The number of aromatic nitrogens is 1. The van der Waals surface area contributed by atoms with Crippen molar-refractivity contribution in [1.29, 1.82) is 0 Å². The van der Waals surface area contributed by atoms with Crippen LogP contribution in [0.4, 0.5) is 10.2 Å². The van der Waals surface area contributed by atoms with E-state index in [9.17, 15) is 4.39 Å². The standard InChI is InChI=1S/C12H11FN2O/c13-10-3-1-2-9(5-10)11-4-8(7-16)6-15-12(11)14/h1-6,16H,7H2,(H2,14,15). The number of pyridine rings is 1. The van der Waals surface area contributed by atoms with Crippen molar-refractivity contribution in [1.82, 2.24) is 4.98 Å². The van der Waals surface area contributed by atoms with Gasteiger partial charge in [0.05, 0.1) is 6.61 Å². The van der Waals surface area contributed by atoms with Gasteiger partial charge in [-0.1, -0.05) is 12.1 Å². The molecule has 0 unspecified atom stereocenters. The molecule has 16 heavy (non-hydrogen) atoms. The van der Waals surface area contributed by atoms with E-state index in [0.29, 0.717) is 22.5 Å². The van der Waals surface area contributed by atoms with Crippen LogP contribution in [0.15, 0.2) is 36.5 Å². The van der Waals surface area contributed by atoms with Crippen LogP contribution < -0.4 is 5.73 Å². The maximum absolute atomic E-state index is 13.1. The summed E-state index contributed by atoms with van der Waals surface area (Å²) < 4.78 is 13.1. The molecule has 0 bridgehead atoms. The number of nitrogens with zero attached hydrogens (tertiary/aromatic N) is 1. The summed E-state index contributed by atoms with van der Waals surface area (Å²) in [5.74, 6) is -0.00546. The summed E-state index contributed by atoms with van der Waals surface area (Å²) in [5, 5.41) is 9.00. The Labute approximate surface area is 92.4 Å². The van der Waals surface area contributed by atoms with Gasteiger partial charge in [0.15, 0.2) is 0 Å². The Morgan fingerprint density at radius 3 is 2.81 bits per heavy atom. The van der Waals surface area contributed by atoms with Gasteiger partial charge in [0.25, 0.3) is 0 Å². The minimum Gasteiger partial charge on any atom is -0.392 e. The van der Waals surface area contributed by atoms with Gasteiger partial charge in [-0.3, -0.25) is 0 Å². The van der Waals surface area contributed by atoms with Crippen molar-refractivity contribution in [2.45, 2.75) is 6.61 Å². The van der Waals surface area contributed by atoms with Crippen LogP contribution in [-0.4, -0.2) is 10.1 Å². The Kier molecular flexibility index (Phi) is 2.83. The van der Waals surface area contributed by atoms with Crippen LogP contribution >= 0.6 is 0 Å². The highest BCUT2D eigenvalue weighted by molar-refractivity contribution is 5.74. The van der Waals surface area contributed by atoms with E-state index in [0.717, 1.165) is 0 Å². The number of nitrogen functional groups attached to an aromatic ring is 1. The van der Waals surface area contributed by atoms with Crippen LogP contribution in [0, 0.1) is 5.82 Å². The van der Waals surface area contributed by atoms with Crippen LogP contribution in [0.5, 0.6) is 0 Å². The third-order valence-electron chi connectivity index (χ3n) is 2.29. The van der Waals surface area contributed by atoms with E-state index in [-0.39, 0.29) is 12.4 Å². The maximum atomic E-state index is 13.1. The summed E-state index contributed by atoms with van der Waals surface area (Å²) in [6.07, 6.45) is 1.50. The van der Waals surface area contributed by atoms with E-state index in [2.05, 4.69) is 4.98 Å². The first kappa shape index (κ1) is 10.6. The van der Waals surface area contributed by atoms with Gasteiger partial charge in [-0.25, -0.2) is 9.37 Å². The molecule has 0 aliphatic rings. The molecule has 0 saturated carbocycles. The number of halogens is 1. The zero-order valence-electron chi connectivity index (χ0n) is 8.52. The summed E-state index contributed by atoms with van der Waals surface area (Å²) in [4.78, 5) is 3.95. The first-order valence-corrected chi connectivity index (χ1v) is 4.82. The van der Waals surface area contributed by atoms with Crippen molar-refractivity contribution < 1.29 is 9.50 Å². The number of hydrogen-bond donors (Lipinski definition) is 2. The highest BCUT2D eigenvalue weighted by Gasteiger charge is 2.05. The first-order chi connectivity index (χ1) is 7.70. The lowest BCUT2D eigenvalue weighted by molar-refractivity contribution is 0.281. The summed E-state index contributed by atoms with van der Waals surface area (Å²) >= 11 is 0. The summed E-state index contributed by atoms with van der Waals surface area (Å²) in [6, 6.07) is 7.81. The van der Waals surface area contributed by atoms with Gasteiger partial charge in [0.1, 0.15) is 11.6 Å². The van der Waals surface area contributed by atoms with Gasteiger partial charge in [0.2, 0.25) is 0 Å². The van der Waals surface area contributed by atoms with E-state index >= 15 is 0 Å². The quantitative estimate of drug-likeness (QED) is 0.810. The molecule has 0 aliphatic carbocycles. The fraction of sp³-hybridized carbons (Fsp3) is 0.0833. The minimum atomic E-state index is -0.327. The van der Waals surface area contributed by atoms with E-state index in [1.165, 1.54) is 18.3 Å². The lowest BCUT2D eigenvalue weighted by Gasteiger charge is -2.06. The molecule has 2 rings (SSSR count). The molecular weight excluding hydrogens is 207 g/mol. The van der Waals surface area contributed by atoms with Crippen molar-refractivity contribution in [3.05, 3.63) is 47.9 Å². The molecule has 0 amide bonds.